The van der Waals surface area contributed by atoms with Crippen LogP contribution in [-0.2, 0) is 20.7 Å². The molecule has 0 unspecified atom stereocenters. The number of rotatable bonds is 7. The van der Waals surface area contributed by atoms with Gasteiger partial charge in [0.2, 0.25) is 0 Å². The second kappa shape index (κ2) is 7.67. The molecule has 6 nitrogen and oxygen atoms in total. The van der Waals surface area contributed by atoms with Crippen molar-refractivity contribution in [2.24, 2.45) is 0 Å². The van der Waals surface area contributed by atoms with Gasteiger partial charge < -0.3 is 19.2 Å². The number of fused-ring (bicyclic) bond motifs is 1. The molecule has 23 heavy (non-hydrogen) atoms. The van der Waals surface area contributed by atoms with E-state index in [2.05, 4.69) is 5.32 Å². The third-order valence-corrected chi connectivity index (χ3v) is 3.58. The Balaban J connectivity index is 1.92. The molecule has 1 amide bonds. The summed E-state index contributed by atoms with van der Waals surface area (Å²) >= 11 is 0. The Labute approximate surface area is 134 Å². The van der Waals surface area contributed by atoms with Gasteiger partial charge in [-0.15, -0.1) is 0 Å². The molecular weight excluding hydrogens is 298 g/mol. The normalized spacial score (nSPS) is 12.0. The zero-order valence-electron chi connectivity index (χ0n) is 13.5. The monoisotopic (exact) mass is 319 g/mol. The summed E-state index contributed by atoms with van der Waals surface area (Å²) in [4.78, 5) is 23.4. The molecule has 0 fully saturated rings. The minimum Gasteiger partial charge on any atom is -0.497 e. The number of carbonyl (C=O) groups excluding carboxylic acids is 2. The van der Waals surface area contributed by atoms with Gasteiger partial charge in [0.1, 0.15) is 11.3 Å². The van der Waals surface area contributed by atoms with Crippen LogP contribution in [0.2, 0.25) is 0 Å². The van der Waals surface area contributed by atoms with Gasteiger partial charge in [0.25, 0.3) is 5.91 Å². The summed E-state index contributed by atoms with van der Waals surface area (Å²) in [6.07, 6.45) is 2.39. The molecule has 0 aliphatic heterocycles. The number of ether oxygens (including phenoxy) is 2. The van der Waals surface area contributed by atoms with E-state index >= 15 is 0 Å². The summed E-state index contributed by atoms with van der Waals surface area (Å²) < 4.78 is 15.5. The van der Waals surface area contributed by atoms with Crippen molar-refractivity contribution in [1.82, 2.24) is 5.32 Å². The molecule has 1 aromatic heterocycles. The highest BCUT2D eigenvalue weighted by molar-refractivity contribution is 5.87. The highest BCUT2D eigenvalue weighted by Crippen LogP contribution is 2.25. The van der Waals surface area contributed by atoms with Gasteiger partial charge in [-0.2, -0.15) is 0 Å². The molecule has 0 radical (unpaired) electrons. The molecule has 1 heterocycles. The summed E-state index contributed by atoms with van der Waals surface area (Å²) in [7, 11) is 1.58. The van der Waals surface area contributed by atoms with E-state index in [1.165, 1.54) is 6.26 Å². The number of carbonyl (C=O) groups is 2. The van der Waals surface area contributed by atoms with Gasteiger partial charge in [-0.1, -0.05) is 6.92 Å². The number of hydrogen-bond donors (Lipinski definition) is 1. The quantitative estimate of drug-likeness (QED) is 0.793. The first-order valence-electron chi connectivity index (χ1n) is 7.52. The second-order valence-electron chi connectivity index (χ2n) is 5.34. The van der Waals surface area contributed by atoms with Crippen molar-refractivity contribution in [3.05, 3.63) is 30.0 Å². The van der Waals surface area contributed by atoms with Gasteiger partial charge in [-0.05, 0) is 25.5 Å². The third kappa shape index (κ3) is 4.48. The molecule has 124 valence electrons. The van der Waals surface area contributed by atoms with E-state index in [1.54, 1.807) is 19.2 Å². The van der Waals surface area contributed by atoms with E-state index in [0.29, 0.717) is 11.3 Å². The third-order valence-electron chi connectivity index (χ3n) is 3.58. The number of hydrogen-bond acceptors (Lipinski definition) is 5. The minimum absolute atomic E-state index is 0.0515. The van der Waals surface area contributed by atoms with E-state index in [1.807, 2.05) is 19.9 Å². The number of methoxy groups -OCH3 is 1. The summed E-state index contributed by atoms with van der Waals surface area (Å²) in [5.41, 5.74) is 1.36. The first-order valence-corrected chi connectivity index (χ1v) is 7.52. The van der Waals surface area contributed by atoms with Crippen molar-refractivity contribution in [1.29, 1.82) is 0 Å². The largest absolute Gasteiger partial charge is 0.497 e. The molecule has 1 N–H and O–H groups in total. The van der Waals surface area contributed by atoms with Crippen LogP contribution in [0.25, 0.3) is 11.0 Å². The number of esters is 1. The Hall–Kier alpha value is -2.50. The first-order chi connectivity index (χ1) is 11.0. The van der Waals surface area contributed by atoms with E-state index in [9.17, 15) is 9.59 Å². The van der Waals surface area contributed by atoms with Gasteiger partial charge in [-0.25, -0.2) is 0 Å². The summed E-state index contributed by atoms with van der Waals surface area (Å²) in [5.74, 6) is -0.0833. The molecule has 0 saturated carbocycles. The fraction of sp³-hybridized carbons (Fsp3) is 0.412. The van der Waals surface area contributed by atoms with E-state index < -0.39 is 5.97 Å². The highest BCUT2D eigenvalue weighted by Gasteiger charge is 2.14. The van der Waals surface area contributed by atoms with Crippen LogP contribution in [0.3, 0.4) is 0 Å². The molecule has 1 atom stereocenters. The predicted molar refractivity (Wildman–Crippen MR) is 85.3 cm³/mol. The maximum Gasteiger partial charge on any atom is 0.310 e. The van der Waals surface area contributed by atoms with Crippen LogP contribution in [0.15, 0.2) is 28.9 Å². The van der Waals surface area contributed by atoms with Crippen molar-refractivity contribution in [2.75, 3.05) is 13.7 Å². The van der Waals surface area contributed by atoms with Crippen molar-refractivity contribution < 1.29 is 23.5 Å². The minimum atomic E-state index is -0.470. The van der Waals surface area contributed by atoms with Gasteiger partial charge in [0.15, 0.2) is 6.61 Å². The van der Waals surface area contributed by atoms with Crippen LogP contribution in [0.5, 0.6) is 5.75 Å². The highest BCUT2D eigenvalue weighted by atomic mass is 16.5. The van der Waals surface area contributed by atoms with Crippen molar-refractivity contribution in [3.8, 4) is 5.75 Å². The van der Waals surface area contributed by atoms with Gasteiger partial charge in [0.05, 0.1) is 19.8 Å². The van der Waals surface area contributed by atoms with Crippen LogP contribution < -0.4 is 10.1 Å². The average Bonchev–Trinajstić information content (AvgIpc) is 2.94. The van der Waals surface area contributed by atoms with Crippen LogP contribution in [0, 0.1) is 0 Å². The molecule has 0 aliphatic carbocycles. The Kier molecular flexibility index (Phi) is 5.62. The lowest BCUT2D eigenvalue weighted by molar-refractivity contribution is -0.148. The smallest absolute Gasteiger partial charge is 0.310 e. The Morgan fingerprint density at radius 2 is 2.13 bits per heavy atom. The second-order valence-corrected chi connectivity index (χ2v) is 5.34. The molecule has 1 aromatic carbocycles. The molecule has 2 aromatic rings. The molecule has 6 heteroatoms. The van der Waals surface area contributed by atoms with Crippen molar-refractivity contribution in [2.45, 2.75) is 32.7 Å². The topological polar surface area (TPSA) is 77.8 Å². The van der Waals surface area contributed by atoms with Crippen LogP contribution in [0.1, 0.15) is 25.8 Å². The average molecular weight is 319 g/mol. The lowest BCUT2D eigenvalue weighted by Gasteiger charge is -2.11. The zero-order valence-corrected chi connectivity index (χ0v) is 13.5. The van der Waals surface area contributed by atoms with Crippen LogP contribution in [0.4, 0.5) is 0 Å². The SMILES string of the molecule is CC[C@@H](C)NC(=O)COC(=O)Cc1coc2cc(OC)ccc12. The number of furan rings is 1. The lowest BCUT2D eigenvalue weighted by Crippen LogP contribution is -2.35. The lowest BCUT2D eigenvalue weighted by atomic mass is 10.1. The van der Waals surface area contributed by atoms with E-state index in [0.717, 1.165) is 17.4 Å². The van der Waals surface area contributed by atoms with Gasteiger partial charge in [0, 0.05) is 23.1 Å². The number of nitrogens with one attached hydrogen (secondary N) is 1. The van der Waals surface area contributed by atoms with Crippen LogP contribution >= 0.6 is 0 Å². The summed E-state index contributed by atoms with van der Waals surface area (Å²) in [6, 6.07) is 5.44. The maximum atomic E-state index is 11.9. The van der Waals surface area contributed by atoms with Crippen molar-refractivity contribution >= 4 is 22.8 Å². The molecular formula is C17H21NO5. The van der Waals surface area contributed by atoms with Gasteiger partial charge in [-0.3, -0.25) is 9.59 Å². The molecule has 0 bridgehead atoms. The number of benzene rings is 1. The van der Waals surface area contributed by atoms with Crippen molar-refractivity contribution in [3.63, 3.8) is 0 Å². The number of amides is 1. The van der Waals surface area contributed by atoms with Crippen LogP contribution in [-0.4, -0.2) is 31.6 Å². The van der Waals surface area contributed by atoms with E-state index in [4.69, 9.17) is 13.9 Å². The molecule has 0 saturated heterocycles. The fourth-order valence-electron chi connectivity index (χ4n) is 2.10. The molecule has 2 rings (SSSR count). The summed E-state index contributed by atoms with van der Waals surface area (Å²) in [5, 5.41) is 3.56. The Morgan fingerprint density at radius 3 is 2.83 bits per heavy atom. The Bertz CT molecular complexity index is 691. The standard InChI is InChI=1S/C17H21NO5/c1-4-11(2)18-16(19)10-23-17(20)7-12-9-22-15-8-13(21-3)5-6-14(12)15/h5-6,8-9,11H,4,7,10H2,1-3H3,(H,18,19)/t11-/m1/s1. The fourth-order valence-corrected chi connectivity index (χ4v) is 2.10. The maximum absolute atomic E-state index is 11.9. The first kappa shape index (κ1) is 16.9. The Morgan fingerprint density at radius 1 is 1.35 bits per heavy atom. The van der Waals surface area contributed by atoms with Gasteiger partial charge >= 0.3 is 5.97 Å². The summed E-state index contributed by atoms with van der Waals surface area (Å²) in [6.45, 7) is 3.59. The predicted octanol–water partition coefficient (Wildman–Crippen LogP) is 2.44. The molecule has 0 aliphatic rings. The molecule has 0 spiro atoms. The zero-order chi connectivity index (χ0) is 16.8. The van der Waals surface area contributed by atoms with E-state index in [-0.39, 0.29) is 25.0 Å².